The highest BCUT2D eigenvalue weighted by atomic mass is 19.1. The van der Waals surface area contributed by atoms with E-state index in [-0.39, 0.29) is 24.0 Å². The molecule has 2 heterocycles. The van der Waals surface area contributed by atoms with Crippen molar-refractivity contribution in [2.45, 2.75) is 6.42 Å². The number of hydrogen-bond donors (Lipinski definition) is 2. The first-order valence-electron chi connectivity index (χ1n) is 9.36. The molecule has 0 spiro atoms. The highest BCUT2D eigenvalue weighted by molar-refractivity contribution is 5.97. The van der Waals surface area contributed by atoms with Crippen LogP contribution in [0.5, 0.6) is 0 Å². The van der Waals surface area contributed by atoms with Crippen molar-refractivity contribution in [1.29, 1.82) is 0 Å². The number of rotatable bonds is 6. The molecule has 4 aromatic rings. The van der Waals surface area contributed by atoms with Crippen molar-refractivity contribution < 1.29 is 13.7 Å². The number of anilines is 2. The van der Waals surface area contributed by atoms with Crippen LogP contribution in [0.1, 0.15) is 5.56 Å². The lowest BCUT2D eigenvalue weighted by atomic mass is 10.0. The van der Waals surface area contributed by atoms with E-state index in [0.29, 0.717) is 16.8 Å². The molecule has 2 N–H and O–H groups in total. The second-order valence-electron chi connectivity index (χ2n) is 6.65. The Hall–Kier alpha value is -4.00. The summed E-state index contributed by atoms with van der Waals surface area (Å²) in [5, 5.41) is 9.99. The second-order valence-corrected chi connectivity index (χ2v) is 6.65. The maximum absolute atomic E-state index is 13.3. The highest BCUT2D eigenvalue weighted by Gasteiger charge is 2.21. The van der Waals surface area contributed by atoms with E-state index in [2.05, 4.69) is 20.8 Å². The van der Waals surface area contributed by atoms with E-state index in [1.807, 2.05) is 31.3 Å². The summed E-state index contributed by atoms with van der Waals surface area (Å²) < 4.78 is 18.8. The van der Waals surface area contributed by atoms with E-state index in [9.17, 15) is 9.18 Å². The minimum absolute atomic E-state index is 0.187. The third kappa shape index (κ3) is 4.20. The fraction of sp³-hybridized carbons (Fsp3) is 0.0870. The summed E-state index contributed by atoms with van der Waals surface area (Å²) in [6.07, 6.45) is 3.48. The van der Waals surface area contributed by atoms with Crippen molar-refractivity contribution in [2.75, 3.05) is 17.7 Å². The first-order valence-corrected chi connectivity index (χ1v) is 9.36. The van der Waals surface area contributed by atoms with Crippen LogP contribution >= 0.6 is 0 Å². The average molecular weight is 402 g/mol. The number of carbonyl (C=O) groups is 1. The summed E-state index contributed by atoms with van der Waals surface area (Å²) in [6, 6.07) is 17.1. The molecule has 150 valence electrons. The molecule has 0 fully saturated rings. The van der Waals surface area contributed by atoms with Gasteiger partial charge in [-0.25, -0.2) is 4.39 Å². The van der Waals surface area contributed by atoms with Gasteiger partial charge in [-0.2, -0.15) is 0 Å². The molecule has 0 radical (unpaired) electrons. The van der Waals surface area contributed by atoms with Crippen LogP contribution in [0.2, 0.25) is 0 Å². The molecule has 0 saturated heterocycles. The highest BCUT2D eigenvalue weighted by Crippen LogP contribution is 2.37. The summed E-state index contributed by atoms with van der Waals surface area (Å²) in [6.45, 7) is 0. The number of halogens is 1. The van der Waals surface area contributed by atoms with Crippen LogP contribution in [0.25, 0.3) is 22.4 Å². The van der Waals surface area contributed by atoms with Gasteiger partial charge in [0.05, 0.1) is 12.0 Å². The molecule has 4 rings (SSSR count). The van der Waals surface area contributed by atoms with Gasteiger partial charge in [-0.05, 0) is 59.7 Å². The Balaban J connectivity index is 1.64. The van der Waals surface area contributed by atoms with Gasteiger partial charge in [0.2, 0.25) is 11.8 Å². The van der Waals surface area contributed by atoms with Gasteiger partial charge < -0.3 is 9.84 Å². The Morgan fingerprint density at radius 1 is 0.967 bits per heavy atom. The maximum atomic E-state index is 13.3. The monoisotopic (exact) mass is 402 g/mol. The predicted molar refractivity (Wildman–Crippen MR) is 113 cm³/mol. The smallest absolute Gasteiger partial charge is 0.239 e. The van der Waals surface area contributed by atoms with E-state index < -0.39 is 0 Å². The molecule has 0 aliphatic carbocycles. The van der Waals surface area contributed by atoms with Gasteiger partial charge in [0.25, 0.3) is 0 Å². The quantitative estimate of drug-likeness (QED) is 0.486. The number of hydrogen-bond acceptors (Lipinski definition) is 5. The molecular formula is C23H19FN4O2. The first-order chi connectivity index (χ1) is 14.6. The zero-order valence-corrected chi connectivity index (χ0v) is 16.2. The van der Waals surface area contributed by atoms with E-state index in [4.69, 9.17) is 4.52 Å². The van der Waals surface area contributed by atoms with Crippen LogP contribution in [0.3, 0.4) is 0 Å². The molecule has 2 aromatic carbocycles. The van der Waals surface area contributed by atoms with E-state index in [1.54, 1.807) is 36.7 Å². The number of benzene rings is 2. The summed E-state index contributed by atoms with van der Waals surface area (Å²) in [5.74, 6) is -0.341. The average Bonchev–Trinajstić information content (AvgIpc) is 3.18. The lowest BCUT2D eigenvalue weighted by Gasteiger charge is -2.07. The summed E-state index contributed by atoms with van der Waals surface area (Å²) >= 11 is 0. The number of amides is 1. The van der Waals surface area contributed by atoms with Crippen LogP contribution in [-0.2, 0) is 11.2 Å². The molecule has 7 heteroatoms. The fourth-order valence-electron chi connectivity index (χ4n) is 3.11. The minimum atomic E-state index is -0.342. The second kappa shape index (κ2) is 8.57. The van der Waals surface area contributed by atoms with Crippen molar-refractivity contribution in [3.8, 4) is 22.4 Å². The lowest BCUT2D eigenvalue weighted by molar-refractivity contribution is -0.115. The van der Waals surface area contributed by atoms with E-state index in [0.717, 1.165) is 16.8 Å². The number of pyridine rings is 1. The third-order valence-corrected chi connectivity index (χ3v) is 4.64. The van der Waals surface area contributed by atoms with Crippen molar-refractivity contribution in [3.05, 3.63) is 84.4 Å². The van der Waals surface area contributed by atoms with Gasteiger partial charge >= 0.3 is 0 Å². The minimum Gasteiger partial charge on any atom is -0.388 e. The van der Waals surface area contributed by atoms with Gasteiger partial charge in [0.15, 0.2) is 0 Å². The Kier molecular flexibility index (Phi) is 5.52. The van der Waals surface area contributed by atoms with Gasteiger partial charge in [-0.15, -0.1) is 0 Å². The molecule has 0 aliphatic heterocycles. The molecule has 0 atom stereocenters. The summed E-state index contributed by atoms with van der Waals surface area (Å²) in [7, 11) is 1.84. The zero-order chi connectivity index (χ0) is 20.9. The van der Waals surface area contributed by atoms with Crippen LogP contribution < -0.4 is 10.6 Å². The standard InChI is InChI=1S/C23H19FN4O2/c1-25-19-8-2-15(3-9-19)14-20(29)27-23-21(16-10-12-26-13-11-16)22(28-30-23)17-4-6-18(24)7-5-17/h2-13,25H,14H2,1H3,(H,27,29). The van der Waals surface area contributed by atoms with Crippen molar-refractivity contribution in [3.63, 3.8) is 0 Å². The van der Waals surface area contributed by atoms with Crippen molar-refractivity contribution >= 4 is 17.5 Å². The molecule has 0 aliphatic rings. The number of nitrogens with one attached hydrogen (secondary N) is 2. The third-order valence-electron chi connectivity index (χ3n) is 4.64. The molecule has 1 amide bonds. The number of nitrogens with zero attached hydrogens (tertiary/aromatic N) is 2. The molecule has 0 bridgehead atoms. The Morgan fingerprint density at radius 3 is 2.33 bits per heavy atom. The van der Waals surface area contributed by atoms with Crippen molar-refractivity contribution in [1.82, 2.24) is 10.1 Å². The Morgan fingerprint density at radius 2 is 1.67 bits per heavy atom. The lowest BCUT2D eigenvalue weighted by Crippen LogP contribution is -2.14. The predicted octanol–water partition coefficient (Wildman–Crippen LogP) is 4.77. The van der Waals surface area contributed by atoms with E-state index in [1.165, 1.54) is 12.1 Å². The van der Waals surface area contributed by atoms with E-state index >= 15 is 0 Å². The molecule has 0 saturated carbocycles. The molecule has 6 nitrogen and oxygen atoms in total. The van der Waals surface area contributed by atoms with Crippen LogP contribution in [0, 0.1) is 5.82 Å². The first kappa shape index (κ1) is 19.3. The maximum Gasteiger partial charge on any atom is 0.239 e. The van der Waals surface area contributed by atoms with Gasteiger partial charge in [0, 0.05) is 30.7 Å². The van der Waals surface area contributed by atoms with Gasteiger partial charge in [-0.1, -0.05) is 17.3 Å². The summed E-state index contributed by atoms with van der Waals surface area (Å²) in [4.78, 5) is 16.7. The zero-order valence-electron chi connectivity index (χ0n) is 16.2. The van der Waals surface area contributed by atoms with Gasteiger partial charge in [-0.3, -0.25) is 15.1 Å². The molecule has 2 aromatic heterocycles. The fourth-order valence-corrected chi connectivity index (χ4v) is 3.11. The summed E-state index contributed by atoms with van der Waals surface area (Å²) in [5.41, 5.74) is 4.42. The topological polar surface area (TPSA) is 80.0 Å². The Labute approximate surface area is 172 Å². The van der Waals surface area contributed by atoms with Gasteiger partial charge in [0.1, 0.15) is 11.5 Å². The molecular weight excluding hydrogens is 383 g/mol. The van der Waals surface area contributed by atoms with Crippen LogP contribution in [0.15, 0.2) is 77.6 Å². The largest absolute Gasteiger partial charge is 0.388 e. The van der Waals surface area contributed by atoms with Crippen molar-refractivity contribution in [2.24, 2.45) is 0 Å². The van der Waals surface area contributed by atoms with Crippen LogP contribution in [-0.4, -0.2) is 23.1 Å². The normalized spacial score (nSPS) is 10.6. The molecule has 0 unspecified atom stereocenters. The number of aromatic nitrogens is 2. The van der Waals surface area contributed by atoms with Crippen LogP contribution in [0.4, 0.5) is 16.0 Å². The number of carbonyl (C=O) groups excluding carboxylic acids is 1. The SMILES string of the molecule is CNc1ccc(CC(=O)Nc2onc(-c3ccc(F)cc3)c2-c2ccncc2)cc1. The molecule has 30 heavy (non-hydrogen) atoms. The Bertz CT molecular complexity index is 1140.